The number of fused-ring (bicyclic) bond motifs is 1. The van der Waals surface area contributed by atoms with E-state index in [-0.39, 0.29) is 22.6 Å². The maximum absolute atomic E-state index is 13.0. The summed E-state index contributed by atoms with van der Waals surface area (Å²) >= 11 is 0. The quantitative estimate of drug-likeness (QED) is 0.925. The second kappa shape index (κ2) is 5.96. The highest BCUT2D eigenvalue weighted by Crippen LogP contribution is 2.37. The molecule has 1 saturated heterocycles. The average molecular weight is 293 g/mol. The molecule has 3 rings (SSSR count). The summed E-state index contributed by atoms with van der Waals surface area (Å²) in [5, 5.41) is 3.91. The normalized spacial score (nSPS) is 34.1. The van der Waals surface area contributed by atoms with E-state index in [1.165, 1.54) is 11.1 Å². The minimum atomic E-state index is -0.846. The molecule has 1 aromatic rings. The van der Waals surface area contributed by atoms with E-state index in [1.807, 2.05) is 0 Å². The van der Waals surface area contributed by atoms with Crippen LogP contribution in [0.4, 0.5) is 0 Å². The fourth-order valence-electron chi connectivity index (χ4n) is 3.48. The van der Waals surface area contributed by atoms with E-state index in [9.17, 15) is 4.21 Å². The van der Waals surface area contributed by atoms with Crippen molar-refractivity contribution in [3.05, 3.63) is 35.4 Å². The summed E-state index contributed by atoms with van der Waals surface area (Å²) in [6.45, 7) is 5.83. The number of hydrogen-bond donors (Lipinski definition) is 1. The molecular formula is C16H23NO2S. The summed E-state index contributed by atoms with van der Waals surface area (Å²) in [4.78, 5) is 0. The minimum absolute atomic E-state index is 0.127. The number of hydrogen-bond acceptors (Lipinski definition) is 3. The minimum Gasteiger partial charge on any atom is -0.377 e. The summed E-state index contributed by atoms with van der Waals surface area (Å²) in [5.74, 6) is 0. The van der Waals surface area contributed by atoms with Gasteiger partial charge >= 0.3 is 0 Å². The first kappa shape index (κ1) is 14.2. The number of nitrogens with one attached hydrogen (secondary N) is 1. The zero-order chi connectivity index (χ0) is 14.1. The number of benzene rings is 1. The van der Waals surface area contributed by atoms with Gasteiger partial charge in [0.1, 0.15) is 0 Å². The molecule has 4 heteroatoms. The van der Waals surface area contributed by atoms with Crippen molar-refractivity contribution in [2.24, 2.45) is 0 Å². The van der Waals surface area contributed by atoms with E-state index in [1.54, 1.807) is 0 Å². The third-order valence-corrected chi connectivity index (χ3v) is 6.76. The van der Waals surface area contributed by atoms with Gasteiger partial charge in [0.25, 0.3) is 0 Å². The van der Waals surface area contributed by atoms with Crippen LogP contribution in [0.2, 0.25) is 0 Å². The van der Waals surface area contributed by atoms with E-state index in [2.05, 4.69) is 43.4 Å². The zero-order valence-electron chi connectivity index (χ0n) is 12.2. The Labute approximate surface area is 123 Å². The Hall–Kier alpha value is -0.710. The SMILES string of the molecule is CCNC1c2ccccc2CC1S(=O)C1CCOC1C. The summed E-state index contributed by atoms with van der Waals surface area (Å²) in [7, 11) is -0.846. The van der Waals surface area contributed by atoms with E-state index < -0.39 is 10.8 Å². The Kier molecular flexibility index (Phi) is 4.24. The Balaban J connectivity index is 1.84. The molecule has 0 bridgehead atoms. The van der Waals surface area contributed by atoms with Crippen molar-refractivity contribution in [3.8, 4) is 0 Å². The monoisotopic (exact) mass is 293 g/mol. The first-order valence-electron chi connectivity index (χ1n) is 7.54. The molecule has 0 radical (unpaired) electrons. The van der Waals surface area contributed by atoms with Gasteiger partial charge in [-0.3, -0.25) is 4.21 Å². The molecule has 20 heavy (non-hydrogen) atoms. The molecule has 1 aromatic carbocycles. The number of rotatable bonds is 4. The Morgan fingerprint density at radius 2 is 2.15 bits per heavy atom. The highest BCUT2D eigenvalue weighted by molar-refractivity contribution is 7.86. The van der Waals surface area contributed by atoms with Crippen LogP contribution in [-0.4, -0.2) is 34.0 Å². The Bertz CT molecular complexity index is 505. The van der Waals surface area contributed by atoms with Crippen molar-refractivity contribution >= 4 is 10.8 Å². The van der Waals surface area contributed by atoms with Gasteiger partial charge in [0.05, 0.1) is 16.6 Å². The lowest BCUT2D eigenvalue weighted by Gasteiger charge is -2.25. The Morgan fingerprint density at radius 1 is 1.35 bits per heavy atom. The molecule has 1 heterocycles. The summed E-state index contributed by atoms with van der Waals surface area (Å²) < 4.78 is 18.6. The van der Waals surface area contributed by atoms with Crippen LogP contribution in [0.3, 0.4) is 0 Å². The molecule has 1 aliphatic heterocycles. The maximum atomic E-state index is 13.0. The van der Waals surface area contributed by atoms with Crippen LogP contribution in [0.25, 0.3) is 0 Å². The van der Waals surface area contributed by atoms with Crippen LogP contribution < -0.4 is 5.32 Å². The highest BCUT2D eigenvalue weighted by atomic mass is 32.2. The van der Waals surface area contributed by atoms with E-state index in [0.29, 0.717) is 0 Å². The molecule has 3 nitrogen and oxygen atoms in total. The Morgan fingerprint density at radius 3 is 2.85 bits per heavy atom. The van der Waals surface area contributed by atoms with Crippen molar-refractivity contribution in [1.29, 1.82) is 0 Å². The lowest BCUT2D eigenvalue weighted by atomic mass is 10.1. The van der Waals surface area contributed by atoms with Crippen molar-refractivity contribution in [3.63, 3.8) is 0 Å². The maximum Gasteiger partial charge on any atom is 0.0691 e. The fraction of sp³-hybridized carbons (Fsp3) is 0.625. The second-order valence-electron chi connectivity index (χ2n) is 5.71. The topological polar surface area (TPSA) is 38.3 Å². The van der Waals surface area contributed by atoms with Crippen molar-refractivity contribution in [2.45, 2.75) is 49.3 Å². The molecule has 0 amide bonds. The van der Waals surface area contributed by atoms with Crippen LogP contribution in [0, 0.1) is 0 Å². The molecule has 2 aliphatic rings. The standard InChI is InChI=1S/C16H23NO2S/c1-3-17-16-13-7-5-4-6-12(13)10-15(16)20(18)14-8-9-19-11(14)2/h4-7,11,14-17H,3,8-10H2,1-2H3. The second-order valence-corrected chi connectivity index (χ2v) is 7.58. The van der Waals surface area contributed by atoms with Crippen LogP contribution in [0.5, 0.6) is 0 Å². The molecule has 0 saturated carbocycles. The van der Waals surface area contributed by atoms with Crippen LogP contribution in [0.15, 0.2) is 24.3 Å². The van der Waals surface area contributed by atoms with Gasteiger partial charge in [0, 0.05) is 23.4 Å². The van der Waals surface area contributed by atoms with E-state index in [0.717, 1.165) is 26.0 Å². The lowest BCUT2D eigenvalue weighted by Crippen LogP contribution is -2.38. The van der Waals surface area contributed by atoms with Gasteiger partial charge in [-0.2, -0.15) is 0 Å². The van der Waals surface area contributed by atoms with Gasteiger partial charge in [0.2, 0.25) is 0 Å². The smallest absolute Gasteiger partial charge is 0.0691 e. The first-order chi connectivity index (χ1) is 9.72. The predicted octanol–water partition coefficient (Wildman–Crippen LogP) is 2.19. The molecule has 5 unspecified atom stereocenters. The molecule has 1 aliphatic carbocycles. The van der Waals surface area contributed by atoms with Gasteiger partial charge < -0.3 is 10.1 Å². The molecule has 1 fully saturated rings. The van der Waals surface area contributed by atoms with Crippen LogP contribution >= 0.6 is 0 Å². The van der Waals surface area contributed by atoms with Crippen LogP contribution in [-0.2, 0) is 22.0 Å². The molecule has 0 spiro atoms. The predicted molar refractivity (Wildman–Crippen MR) is 82.3 cm³/mol. The largest absolute Gasteiger partial charge is 0.377 e. The molecule has 5 atom stereocenters. The number of ether oxygens (including phenoxy) is 1. The first-order valence-corrected chi connectivity index (χ1v) is 8.82. The third kappa shape index (κ3) is 2.45. The summed E-state index contributed by atoms with van der Waals surface area (Å²) in [5.41, 5.74) is 2.68. The summed E-state index contributed by atoms with van der Waals surface area (Å²) in [6.07, 6.45) is 1.98. The molecule has 110 valence electrons. The van der Waals surface area contributed by atoms with Crippen molar-refractivity contribution < 1.29 is 8.95 Å². The van der Waals surface area contributed by atoms with E-state index in [4.69, 9.17) is 4.74 Å². The molecular weight excluding hydrogens is 270 g/mol. The van der Waals surface area contributed by atoms with E-state index >= 15 is 0 Å². The van der Waals surface area contributed by atoms with Gasteiger partial charge in [-0.15, -0.1) is 0 Å². The summed E-state index contributed by atoms with van der Waals surface area (Å²) in [6, 6.07) is 8.73. The lowest BCUT2D eigenvalue weighted by molar-refractivity contribution is 0.126. The molecule has 0 aromatic heterocycles. The highest BCUT2D eigenvalue weighted by Gasteiger charge is 2.41. The van der Waals surface area contributed by atoms with Gasteiger partial charge in [0.15, 0.2) is 0 Å². The van der Waals surface area contributed by atoms with Crippen molar-refractivity contribution in [2.75, 3.05) is 13.2 Å². The third-order valence-electron chi connectivity index (χ3n) is 4.51. The molecule has 1 N–H and O–H groups in total. The van der Waals surface area contributed by atoms with Gasteiger partial charge in [-0.05, 0) is 37.4 Å². The average Bonchev–Trinajstić information content (AvgIpc) is 3.03. The fourth-order valence-corrected chi connectivity index (χ4v) is 5.57. The van der Waals surface area contributed by atoms with Gasteiger partial charge in [-0.1, -0.05) is 31.2 Å². The van der Waals surface area contributed by atoms with Crippen LogP contribution in [0.1, 0.15) is 37.4 Å². The zero-order valence-corrected chi connectivity index (χ0v) is 13.0. The van der Waals surface area contributed by atoms with Gasteiger partial charge in [-0.25, -0.2) is 0 Å². The van der Waals surface area contributed by atoms with Crippen molar-refractivity contribution in [1.82, 2.24) is 5.32 Å².